The first-order valence-electron chi connectivity index (χ1n) is 7.13. The van der Waals surface area contributed by atoms with Crippen LogP contribution in [0.4, 0.5) is 0 Å². The van der Waals surface area contributed by atoms with E-state index < -0.39 is 15.6 Å². The minimum absolute atomic E-state index is 0.270. The van der Waals surface area contributed by atoms with E-state index >= 15 is 0 Å². The van der Waals surface area contributed by atoms with Crippen molar-refractivity contribution in [1.29, 1.82) is 0 Å². The highest BCUT2D eigenvalue weighted by Gasteiger charge is 2.27. The number of benzene rings is 2. The van der Waals surface area contributed by atoms with Gasteiger partial charge in [-0.2, -0.15) is 0 Å². The molecule has 0 unspecified atom stereocenters. The minimum Gasteiger partial charge on any atom is -0.207 e. The van der Waals surface area contributed by atoms with Crippen molar-refractivity contribution >= 4 is 21.6 Å². The first-order valence-corrected chi connectivity index (χ1v) is 9.00. The van der Waals surface area contributed by atoms with Crippen LogP contribution in [-0.4, -0.2) is 8.42 Å². The van der Waals surface area contributed by atoms with Crippen molar-refractivity contribution < 1.29 is 8.42 Å². The molecule has 2 aromatic rings. The van der Waals surface area contributed by atoms with Gasteiger partial charge in [-0.05, 0) is 55.7 Å². The molecule has 5 heteroatoms. The van der Waals surface area contributed by atoms with Crippen LogP contribution < -0.4 is 4.72 Å². The Bertz CT molecular complexity index is 735. The van der Waals surface area contributed by atoms with Gasteiger partial charge in [0.25, 0.3) is 0 Å². The van der Waals surface area contributed by atoms with Crippen molar-refractivity contribution in [3.05, 3.63) is 64.7 Å². The van der Waals surface area contributed by atoms with Crippen LogP contribution in [0.15, 0.2) is 53.4 Å². The number of nitrogens with one attached hydrogen (secondary N) is 1. The van der Waals surface area contributed by atoms with Gasteiger partial charge < -0.3 is 0 Å². The standard InChI is InChI=1S/C17H20ClNO2S/c1-4-13-5-11-16(12-6-13)22(20,21)19-17(2,3)14-7-9-15(18)10-8-14/h5-12,19H,4H2,1-3H3. The summed E-state index contributed by atoms with van der Waals surface area (Å²) in [6.45, 7) is 5.69. The summed E-state index contributed by atoms with van der Waals surface area (Å²) in [5.74, 6) is 0. The number of sulfonamides is 1. The SMILES string of the molecule is CCc1ccc(S(=O)(=O)NC(C)(C)c2ccc(Cl)cc2)cc1. The maximum absolute atomic E-state index is 12.6. The van der Waals surface area contributed by atoms with Crippen LogP contribution in [0.3, 0.4) is 0 Å². The quantitative estimate of drug-likeness (QED) is 0.892. The third kappa shape index (κ3) is 3.88. The van der Waals surface area contributed by atoms with E-state index in [4.69, 9.17) is 11.6 Å². The van der Waals surface area contributed by atoms with E-state index in [0.717, 1.165) is 17.5 Å². The number of rotatable bonds is 5. The van der Waals surface area contributed by atoms with Crippen LogP contribution in [0.5, 0.6) is 0 Å². The summed E-state index contributed by atoms with van der Waals surface area (Å²) in [5, 5.41) is 0.623. The van der Waals surface area contributed by atoms with Crippen molar-refractivity contribution in [3.63, 3.8) is 0 Å². The molecule has 2 aromatic carbocycles. The van der Waals surface area contributed by atoms with Gasteiger partial charge in [0, 0.05) is 5.02 Å². The molecule has 22 heavy (non-hydrogen) atoms. The summed E-state index contributed by atoms with van der Waals surface area (Å²) in [4.78, 5) is 0.270. The molecule has 0 aliphatic carbocycles. The van der Waals surface area contributed by atoms with Crippen molar-refractivity contribution in [3.8, 4) is 0 Å². The first-order chi connectivity index (χ1) is 10.2. The van der Waals surface area contributed by atoms with Crippen molar-refractivity contribution in [2.45, 2.75) is 37.6 Å². The van der Waals surface area contributed by atoms with E-state index in [2.05, 4.69) is 4.72 Å². The lowest BCUT2D eigenvalue weighted by atomic mass is 9.96. The van der Waals surface area contributed by atoms with Crippen LogP contribution in [0.2, 0.25) is 5.02 Å². The highest BCUT2D eigenvalue weighted by molar-refractivity contribution is 7.89. The Morgan fingerprint density at radius 3 is 2.05 bits per heavy atom. The van der Waals surface area contributed by atoms with E-state index in [1.54, 1.807) is 24.3 Å². The summed E-state index contributed by atoms with van der Waals surface area (Å²) in [7, 11) is -3.58. The maximum Gasteiger partial charge on any atom is 0.241 e. The fourth-order valence-electron chi connectivity index (χ4n) is 2.22. The summed E-state index contributed by atoms with van der Waals surface area (Å²) in [6, 6.07) is 14.1. The summed E-state index contributed by atoms with van der Waals surface area (Å²) in [6.07, 6.45) is 0.879. The van der Waals surface area contributed by atoms with E-state index in [1.807, 2.05) is 45.0 Å². The normalized spacial score (nSPS) is 12.4. The molecule has 0 spiro atoms. The molecule has 1 N–H and O–H groups in total. The molecular formula is C17H20ClNO2S. The zero-order chi connectivity index (χ0) is 16.4. The third-order valence-corrected chi connectivity index (χ3v) is 5.52. The van der Waals surface area contributed by atoms with Crippen molar-refractivity contribution in [2.24, 2.45) is 0 Å². The molecule has 0 saturated carbocycles. The van der Waals surface area contributed by atoms with Crippen molar-refractivity contribution in [1.82, 2.24) is 4.72 Å². The smallest absolute Gasteiger partial charge is 0.207 e. The Labute approximate surface area is 137 Å². The molecule has 0 fully saturated rings. The van der Waals surface area contributed by atoms with Gasteiger partial charge in [-0.15, -0.1) is 0 Å². The Hall–Kier alpha value is -1.36. The van der Waals surface area contributed by atoms with Crippen LogP contribution in [-0.2, 0) is 22.0 Å². The molecule has 3 nitrogen and oxygen atoms in total. The molecule has 0 bridgehead atoms. The molecule has 0 heterocycles. The number of hydrogen-bond donors (Lipinski definition) is 1. The van der Waals surface area contributed by atoms with E-state index in [1.165, 1.54) is 0 Å². The monoisotopic (exact) mass is 337 g/mol. The number of hydrogen-bond acceptors (Lipinski definition) is 2. The van der Waals surface area contributed by atoms with Gasteiger partial charge in [-0.1, -0.05) is 42.8 Å². The zero-order valence-corrected chi connectivity index (χ0v) is 14.5. The van der Waals surface area contributed by atoms with Gasteiger partial charge in [0.1, 0.15) is 0 Å². The highest BCUT2D eigenvalue weighted by Crippen LogP contribution is 2.24. The molecule has 0 aliphatic rings. The van der Waals surface area contributed by atoms with Crippen molar-refractivity contribution in [2.75, 3.05) is 0 Å². The predicted molar refractivity (Wildman–Crippen MR) is 90.6 cm³/mol. The lowest BCUT2D eigenvalue weighted by Crippen LogP contribution is -2.40. The maximum atomic E-state index is 12.6. The average molecular weight is 338 g/mol. The second-order valence-corrected chi connectivity index (χ2v) is 7.85. The van der Waals surface area contributed by atoms with Crippen LogP contribution in [0.1, 0.15) is 31.9 Å². The van der Waals surface area contributed by atoms with Crippen LogP contribution in [0.25, 0.3) is 0 Å². The van der Waals surface area contributed by atoms with E-state index in [-0.39, 0.29) is 4.90 Å². The lowest BCUT2D eigenvalue weighted by molar-refractivity contribution is 0.472. The van der Waals surface area contributed by atoms with Gasteiger partial charge >= 0.3 is 0 Å². The topological polar surface area (TPSA) is 46.2 Å². The highest BCUT2D eigenvalue weighted by atomic mass is 35.5. The average Bonchev–Trinajstić information content (AvgIpc) is 2.46. The fourth-order valence-corrected chi connectivity index (χ4v) is 3.75. The Morgan fingerprint density at radius 2 is 1.55 bits per heavy atom. The van der Waals surface area contributed by atoms with Gasteiger partial charge in [-0.25, -0.2) is 13.1 Å². The molecule has 0 aromatic heterocycles. The van der Waals surface area contributed by atoms with Crippen LogP contribution in [0, 0.1) is 0 Å². The zero-order valence-electron chi connectivity index (χ0n) is 12.9. The summed E-state index contributed by atoms with van der Waals surface area (Å²) in [5.41, 5.74) is 1.23. The van der Waals surface area contributed by atoms with E-state index in [0.29, 0.717) is 5.02 Å². The number of halogens is 1. The van der Waals surface area contributed by atoms with E-state index in [9.17, 15) is 8.42 Å². The van der Waals surface area contributed by atoms with Gasteiger partial charge in [0.15, 0.2) is 0 Å². The Kier molecular flexibility index (Phi) is 4.95. The largest absolute Gasteiger partial charge is 0.241 e. The number of aryl methyl sites for hydroxylation is 1. The van der Waals surface area contributed by atoms with Gasteiger partial charge in [0.05, 0.1) is 10.4 Å². The first kappa shape index (κ1) is 17.0. The molecule has 0 amide bonds. The molecule has 118 valence electrons. The Balaban J connectivity index is 2.27. The predicted octanol–water partition coefficient (Wildman–Crippen LogP) is 4.12. The lowest BCUT2D eigenvalue weighted by Gasteiger charge is -2.26. The molecule has 0 saturated heterocycles. The molecular weight excluding hydrogens is 318 g/mol. The van der Waals surface area contributed by atoms with Gasteiger partial charge in [0.2, 0.25) is 10.0 Å². The molecule has 0 atom stereocenters. The fraction of sp³-hybridized carbons (Fsp3) is 0.294. The molecule has 2 rings (SSSR count). The third-order valence-electron chi connectivity index (χ3n) is 3.60. The second kappa shape index (κ2) is 6.41. The summed E-state index contributed by atoms with van der Waals surface area (Å²) >= 11 is 5.88. The molecule has 0 aliphatic heterocycles. The minimum atomic E-state index is -3.58. The molecule has 0 radical (unpaired) electrons. The Morgan fingerprint density at radius 1 is 1.00 bits per heavy atom. The second-order valence-electron chi connectivity index (χ2n) is 5.73. The summed E-state index contributed by atoms with van der Waals surface area (Å²) < 4.78 is 27.9. The van der Waals surface area contributed by atoms with Gasteiger partial charge in [-0.3, -0.25) is 0 Å². The van der Waals surface area contributed by atoms with Crippen LogP contribution >= 0.6 is 11.6 Å².